The van der Waals surface area contributed by atoms with Crippen LogP contribution in [0.1, 0.15) is 11.1 Å². The molecule has 0 aliphatic rings. The van der Waals surface area contributed by atoms with Crippen molar-refractivity contribution >= 4 is 22.8 Å². The Morgan fingerprint density at radius 1 is 1.15 bits per heavy atom. The summed E-state index contributed by atoms with van der Waals surface area (Å²) in [5, 5.41) is 12.2. The van der Waals surface area contributed by atoms with E-state index in [0.29, 0.717) is 29.3 Å². The van der Waals surface area contributed by atoms with Crippen LogP contribution in [0.15, 0.2) is 46.9 Å². The van der Waals surface area contributed by atoms with Crippen molar-refractivity contribution in [3.8, 4) is 0 Å². The highest BCUT2D eigenvalue weighted by atomic mass is 16.4. The summed E-state index contributed by atoms with van der Waals surface area (Å²) in [4.78, 5) is 4.32. The second kappa shape index (κ2) is 5.22. The lowest BCUT2D eigenvalue weighted by Gasteiger charge is -2.03. The third-order valence-corrected chi connectivity index (χ3v) is 3.07. The number of aliphatic hydroxyl groups is 1. The molecule has 0 saturated carbocycles. The van der Waals surface area contributed by atoms with E-state index >= 15 is 0 Å². The van der Waals surface area contributed by atoms with Gasteiger partial charge in [-0.3, -0.25) is 0 Å². The Balaban J connectivity index is 1.78. The Bertz CT molecular complexity index is 737. The van der Waals surface area contributed by atoms with Crippen LogP contribution in [-0.4, -0.2) is 10.1 Å². The molecule has 0 atom stereocenters. The highest BCUT2D eigenvalue weighted by Crippen LogP contribution is 2.23. The SMILES string of the molecule is Nc1cccc2oc(NCc3cccc(CO)c3)nc12. The summed E-state index contributed by atoms with van der Waals surface area (Å²) in [6, 6.07) is 13.6. The number of hydrogen-bond acceptors (Lipinski definition) is 5. The molecular formula is C15H15N3O2. The molecule has 102 valence electrons. The number of para-hydroxylation sites is 1. The van der Waals surface area contributed by atoms with E-state index in [1.807, 2.05) is 36.4 Å². The average molecular weight is 269 g/mol. The summed E-state index contributed by atoms with van der Waals surface area (Å²) in [5.41, 5.74) is 9.69. The Labute approximate surface area is 116 Å². The van der Waals surface area contributed by atoms with E-state index in [4.69, 9.17) is 15.3 Å². The van der Waals surface area contributed by atoms with Gasteiger partial charge < -0.3 is 20.6 Å². The number of nitrogens with two attached hydrogens (primary N) is 1. The van der Waals surface area contributed by atoms with Crippen molar-refractivity contribution in [1.29, 1.82) is 0 Å². The number of nitrogens with zero attached hydrogens (tertiary/aromatic N) is 1. The maximum Gasteiger partial charge on any atom is 0.296 e. The number of aliphatic hydroxyl groups excluding tert-OH is 1. The normalized spacial score (nSPS) is 10.8. The highest BCUT2D eigenvalue weighted by molar-refractivity contribution is 5.86. The van der Waals surface area contributed by atoms with Gasteiger partial charge in [0, 0.05) is 6.54 Å². The molecule has 0 amide bonds. The van der Waals surface area contributed by atoms with Crippen molar-refractivity contribution in [2.45, 2.75) is 13.2 Å². The molecule has 20 heavy (non-hydrogen) atoms. The fourth-order valence-electron chi connectivity index (χ4n) is 2.06. The van der Waals surface area contributed by atoms with Crippen molar-refractivity contribution in [3.63, 3.8) is 0 Å². The van der Waals surface area contributed by atoms with Crippen molar-refractivity contribution in [3.05, 3.63) is 53.6 Å². The summed E-state index contributed by atoms with van der Waals surface area (Å²) in [6.07, 6.45) is 0. The number of nitrogens with one attached hydrogen (secondary N) is 1. The molecule has 5 nitrogen and oxygen atoms in total. The lowest BCUT2D eigenvalue weighted by Crippen LogP contribution is -2.00. The maximum absolute atomic E-state index is 9.11. The zero-order chi connectivity index (χ0) is 13.9. The zero-order valence-corrected chi connectivity index (χ0v) is 10.8. The fraction of sp³-hybridized carbons (Fsp3) is 0.133. The molecule has 0 aliphatic heterocycles. The molecule has 0 fully saturated rings. The molecular weight excluding hydrogens is 254 g/mol. The lowest BCUT2D eigenvalue weighted by molar-refractivity contribution is 0.281. The van der Waals surface area contributed by atoms with Crippen LogP contribution in [0, 0.1) is 0 Å². The number of nitrogen functional groups attached to an aromatic ring is 1. The van der Waals surface area contributed by atoms with E-state index in [1.165, 1.54) is 0 Å². The summed E-state index contributed by atoms with van der Waals surface area (Å²) >= 11 is 0. The first kappa shape index (κ1) is 12.5. The molecule has 2 aromatic carbocycles. The van der Waals surface area contributed by atoms with Gasteiger partial charge >= 0.3 is 0 Å². The third kappa shape index (κ3) is 2.44. The highest BCUT2D eigenvalue weighted by Gasteiger charge is 2.07. The van der Waals surface area contributed by atoms with E-state index in [1.54, 1.807) is 6.07 Å². The number of benzene rings is 2. The van der Waals surface area contributed by atoms with Crippen LogP contribution in [0.25, 0.3) is 11.1 Å². The number of aromatic nitrogens is 1. The van der Waals surface area contributed by atoms with Crippen molar-refractivity contribution in [2.75, 3.05) is 11.1 Å². The number of rotatable bonds is 4. The Kier molecular flexibility index (Phi) is 3.26. The fourth-order valence-corrected chi connectivity index (χ4v) is 2.06. The molecule has 0 aliphatic carbocycles. The molecule has 5 heteroatoms. The largest absolute Gasteiger partial charge is 0.423 e. The van der Waals surface area contributed by atoms with Crippen LogP contribution in [0.3, 0.4) is 0 Å². The van der Waals surface area contributed by atoms with Gasteiger partial charge in [-0.25, -0.2) is 0 Å². The van der Waals surface area contributed by atoms with Gasteiger partial charge in [0.25, 0.3) is 6.01 Å². The van der Waals surface area contributed by atoms with E-state index in [9.17, 15) is 0 Å². The minimum atomic E-state index is 0.0350. The molecule has 4 N–H and O–H groups in total. The minimum absolute atomic E-state index is 0.0350. The molecule has 0 radical (unpaired) electrons. The average Bonchev–Trinajstić information content (AvgIpc) is 2.90. The quantitative estimate of drug-likeness (QED) is 0.634. The smallest absolute Gasteiger partial charge is 0.296 e. The van der Waals surface area contributed by atoms with Gasteiger partial charge in [-0.2, -0.15) is 4.98 Å². The van der Waals surface area contributed by atoms with Gasteiger partial charge in [-0.15, -0.1) is 0 Å². The van der Waals surface area contributed by atoms with Crippen molar-refractivity contribution in [2.24, 2.45) is 0 Å². The van der Waals surface area contributed by atoms with E-state index in [0.717, 1.165) is 11.1 Å². The number of anilines is 2. The molecule has 0 saturated heterocycles. The Morgan fingerprint density at radius 3 is 2.75 bits per heavy atom. The second-order valence-corrected chi connectivity index (χ2v) is 4.54. The molecule has 3 rings (SSSR count). The van der Waals surface area contributed by atoms with E-state index < -0.39 is 0 Å². The summed E-state index contributed by atoms with van der Waals surface area (Å²) < 4.78 is 5.58. The second-order valence-electron chi connectivity index (χ2n) is 4.54. The summed E-state index contributed by atoms with van der Waals surface area (Å²) in [5.74, 6) is 0. The number of oxazole rings is 1. The van der Waals surface area contributed by atoms with Crippen molar-refractivity contribution in [1.82, 2.24) is 4.98 Å². The summed E-state index contributed by atoms with van der Waals surface area (Å²) in [6.45, 7) is 0.605. The van der Waals surface area contributed by atoms with Crippen LogP contribution in [0.2, 0.25) is 0 Å². The molecule has 3 aromatic rings. The van der Waals surface area contributed by atoms with Gasteiger partial charge in [0.15, 0.2) is 5.58 Å². The maximum atomic E-state index is 9.11. The van der Waals surface area contributed by atoms with E-state index in [2.05, 4.69) is 10.3 Å². The standard InChI is InChI=1S/C15H15N3O2/c16-12-5-2-6-13-14(12)18-15(20-13)17-8-10-3-1-4-11(7-10)9-19/h1-7,19H,8-9,16H2,(H,17,18). The predicted octanol–water partition coefficient (Wildman–Crippen LogP) is 2.51. The zero-order valence-electron chi connectivity index (χ0n) is 10.8. The third-order valence-electron chi connectivity index (χ3n) is 3.07. The van der Waals surface area contributed by atoms with Gasteiger partial charge in [0.2, 0.25) is 0 Å². The van der Waals surface area contributed by atoms with Gasteiger partial charge in [-0.05, 0) is 23.3 Å². The number of fused-ring (bicyclic) bond motifs is 1. The van der Waals surface area contributed by atoms with Crippen LogP contribution in [-0.2, 0) is 13.2 Å². The van der Waals surface area contributed by atoms with Crippen molar-refractivity contribution < 1.29 is 9.52 Å². The monoisotopic (exact) mass is 269 g/mol. The molecule has 1 aromatic heterocycles. The van der Waals surface area contributed by atoms with Crippen LogP contribution in [0.4, 0.5) is 11.7 Å². The van der Waals surface area contributed by atoms with Gasteiger partial charge in [0.05, 0.1) is 12.3 Å². The van der Waals surface area contributed by atoms with Crippen LogP contribution >= 0.6 is 0 Å². The minimum Gasteiger partial charge on any atom is -0.423 e. The number of hydrogen-bond donors (Lipinski definition) is 3. The van der Waals surface area contributed by atoms with E-state index in [-0.39, 0.29) is 6.61 Å². The van der Waals surface area contributed by atoms with Crippen LogP contribution < -0.4 is 11.1 Å². The molecule has 0 spiro atoms. The first-order chi connectivity index (χ1) is 9.76. The Hall–Kier alpha value is -2.53. The van der Waals surface area contributed by atoms with Crippen LogP contribution in [0.5, 0.6) is 0 Å². The molecule has 1 heterocycles. The topological polar surface area (TPSA) is 84.3 Å². The Morgan fingerprint density at radius 2 is 1.95 bits per heavy atom. The molecule has 0 unspecified atom stereocenters. The van der Waals surface area contributed by atoms with Gasteiger partial charge in [0.1, 0.15) is 5.52 Å². The lowest BCUT2D eigenvalue weighted by atomic mass is 10.1. The molecule has 0 bridgehead atoms. The first-order valence-corrected chi connectivity index (χ1v) is 6.34. The summed E-state index contributed by atoms with van der Waals surface area (Å²) in [7, 11) is 0. The predicted molar refractivity (Wildman–Crippen MR) is 78.1 cm³/mol. The van der Waals surface area contributed by atoms with Gasteiger partial charge in [-0.1, -0.05) is 30.3 Å². The first-order valence-electron chi connectivity index (χ1n) is 6.34.